The topological polar surface area (TPSA) is 40.5 Å². The molecule has 1 aromatic carbocycles. The fourth-order valence-corrected chi connectivity index (χ4v) is 2.79. The van der Waals surface area contributed by atoms with Crippen LogP contribution in [0.15, 0.2) is 24.3 Å². The maximum Gasteiger partial charge on any atom is 0.306 e. The first-order valence-electron chi connectivity index (χ1n) is 6.70. The summed E-state index contributed by atoms with van der Waals surface area (Å²) in [7, 11) is 0. The number of anilines is 1. The molecule has 2 rings (SSSR count). The van der Waals surface area contributed by atoms with E-state index < -0.39 is 5.97 Å². The van der Waals surface area contributed by atoms with Crippen LogP contribution in [-0.2, 0) is 4.79 Å². The Morgan fingerprint density at radius 3 is 2.89 bits per heavy atom. The molecule has 1 aliphatic heterocycles. The zero-order valence-electron chi connectivity index (χ0n) is 11.1. The van der Waals surface area contributed by atoms with Gasteiger partial charge in [-0.05, 0) is 24.5 Å². The summed E-state index contributed by atoms with van der Waals surface area (Å²) in [6.45, 7) is 5.99. The fraction of sp³-hybridized carbons (Fsp3) is 0.533. The molecule has 0 bridgehead atoms. The van der Waals surface area contributed by atoms with E-state index in [4.69, 9.17) is 5.11 Å². The van der Waals surface area contributed by atoms with Gasteiger partial charge >= 0.3 is 5.97 Å². The number of carbonyl (C=O) groups is 1. The van der Waals surface area contributed by atoms with Crippen molar-refractivity contribution in [2.24, 2.45) is 5.92 Å². The number of hydrogen-bond acceptors (Lipinski definition) is 2. The summed E-state index contributed by atoms with van der Waals surface area (Å²) < 4.78 is 0. The summed E-state index contributed by atoms with van der Waals surface area (Å²) in [4.78, 5) is 13.4. The molecule has 0 fully saturated rings. The lowest BCUT2D eigenvalue weighted by Gasteiger charge is -2.19. The Morgan fingerprint density at radius 1 is 1.50 bits per heavy atom. The first-order chi connectivity index (χ1) is 8.63. The van der Waals surface area contributed by atoms with Gasteiger partial charge in [-0.3, -0.25) is 4.79 Å². The van der Waals surface area contributed by atoms with E-state index in [2.05, 4.69) is 30.0 Å². The number of fused-ring (bicyclic) bond motifs is 1. The lowest BCUT2D eigenvalue weighted by Crippen LogP contribution is -2.24. The van der Waals surface area contributed by atoms with Crippen LogP contribution in [0.3, 0.4) is 0 Å². The van der Waals surface area contributed by atoms with Crippen molar-refractivity contribution < 1.29 is 9.90 Å². The van der Waals surface area contributed by atoms with Gasteiger partial charge in [0.15, 0.2) is 0 Å². The van der Waals surface area contributed by atoms with Crippen LogP contribution in [0.2, 0.25) is 0 Å². The third-order valence-corrected chi connectivity index (χ3v) is 3.71. The van der Waals surface area contributed by atoms with Crippen LogP contribution < -0.4 is 4.90 Å². The SMILES string of the molecule is CCCN1CC(CC(C)C(=O)O)c2ccccc21. The van der Waals surface area contributed by atoms with Gasteiger partial charge in [0.1, 0.15) is 0 Å². The lowest BCUT2D eigenvalue weighted by atomic mass is 9.91. The highest BCUT2D eigenvalue weighted by molar-refractivity contribution is 5.70. The highest BCUT2D eigenvalue weighted by Gasteiger charge is 2.30. The van der Waals surface area contributed by atoms with Gasteiger partial charge in [-0.1, -0.05) is 32.0 Å². The minimum Gasteiger partial charge on any atom is -0.481 e. The number of hydrogen-bond donors (Lipinski definition) is 1. The van der Waals surface area contributed by atoms with Crippen molar-refractivity contribution in [2.75, 3.05) is 18.0 Å². The van der Waals surface area contributed by atoms with E-state index in [9.17, 15) is 4.79 Å². The molecule has 1 heterocycles. The normalized spacial score (nSPS) is 19.7. The highest BCUT2D eigenvalue weighted by Crippen LogP contribution is 2.39. The highest BCUT2D eigenvalue weighted by atomic mass is 16.4. The maximum absolute atomic E-state index is 11.0. The maximum atomic E-state index is 11.0. The van der Waals surface area contributed by atoms with E-state index in [0.717, 1.165) is 25.9 Å². The Morgan fingerprint density at radius 2 is 2.22 bits per heavy atom. The molecule has 0 saturated carbocycles. The third kappa shape index (κ3) is 2.50. The van der Waals surface area contributed by atoms with Crippen molar-refractivity contribution in [3.05, 3.63) is 29.8 Å². The van der Waals surface area contributed by atoms with E-state index in [-0.39, 0.29) is 5.92 Å². The Kier molecular flexibility index (Phi) is 3.90. The standard InChI is InChI=1S/C15H21NO2/c1-3-8-16-10-12(9-11(2)15(17)18)13-6-4-5-7-14(13)16/h4-7,11-12H,3,8-10H2,1-2H3,(H,17,18). The molecule has 3 heteroatoms. The van der Waals surface area contributed by atoms with Crippen LogP contribution in [0.1, 0.15) is 38.2 Å². The Balaban J connectivity index is 2.17. The smallest absolute Gasteiger partial charge is 0.306 e. The third-order valence-electron chi connectivity index (χ3n) is 3.71. The van der Waals surface area contributed by atoms with Crippen LogP contribution in [0.4, 0.5) is 5.69 Å². The molecule has 0 amide bonds. The number of nitrogens with zero attached hydrogens (tertiary/aromatic N) is 1. The van der Waals surface area contributed by atoms with Crippen LogP contribution >= 0.6 is 0 Å². The second-order valence-corrected chi connectivity index (χ2v) is 5.18. The quantitative estimate of drug-likeness (QED) is 0.869. The van der Waals surface area contributed by atoms with Crippen LogP contribution in [0.25, 0.3) is 0 Å². The predicted molar refractivity (Wildman–Crippen MR) is 73.1 cm³/mol. The predicted octanol–water partition coefficient (Wildman–Crippen LogP) is 3.11. The number of carboxylic acids is 1. The average Bonchev–Trinajstić information content (AvgIpc) is 2.69. The molecule has 2 atom stereocenters. The molecule has 3 nitrogen and oxygen atoms in total. The first-order valence-corrected chi connectivity index (χ1v) is 6.70. The molecule has 0 aliphatic carbocycles. The molecular formula is C15H21NO2. The summed E-state index contributed by atoms with van der Waals surface area (Å²) >= 11 is 0. The van der Waals surface area contributed by atoms with E-state index in [1.54, 1.807) is 6.92 Å². The van der Waals surface area contributed by atoms with Crippen molar-refractivity contribution in [1.82, 2.24) is 0 Å². The van der Waals surface area contributed by atoms with Gasteiger partial charge in [-0.25, -0.2) is 0 Å². The van der Waals surface area contributed by atoms with Gasteiger partial charge in [-0.15, -0.1) is 0 Å². The lowest BCUT2D eigenvalue weighted by molar-refractivity contribution is -0.141. The Bertz CT molecular complexity index is 430. The molecule has 0 spiro atoms. The van der Waals surface area contributed by atoms with Crippen molar-refractivity contribution >= 4 is 11.7 Å². The van der Waals surface area contributed by atoms with Gasteiger partial charge in [0, 0.05) is 24.7 Å². The molecular weight excluding hydrogens is 226 g/mol. The molecule has 0 radical (unpaired) electrons. The van der Waals surface area contributed by atoms with E-state index >= 15 is 0 Å². The summed E-state index contributed by atoms with van der Waals surface area (Å²) in [6.07, 6.45) is 1.85. The van der Waals surface area contributed by atoms with E-state index in [1.165, 1.54) is 11.3 Å². The summed E-state index contributed by atoms with van der Waals surface area (Å²) in [5, 5.41) is 9.05. The first kappa shape index (κ1) is 12.9. The summed E-state index contributed by atoms with van der Waals surface area (Å²) in [5.41, 5.74) is 2.61. The molecule has 1 aliphatic rings. The zero-order chi connectivity index (χ0) is 13.1. The number of rotatable bonds is 5. The Labute approximate surface area is 108 Å². The number of carboxylic acid groups (broad SMARTS) is 1. The van der Waals surface area contributed by atoms with Gasteiger partial charge < -0.3 is 10.0 Å². The zero-order valence-corrected chi connectivity index (χ0v) is 11.1. The minimum atomic E-state index is -0.693. The van der Waals surface area contributed by atoms with Gasteiger partial charge in [0.05, 0.1) is 5.92 Å². The number of para-hydroxylation sites is 1. The van der Waals surface area contributed by atoms with Crippen molar-refractivity contribution in [2.45, 2.75) is 32.6 Å². The fourth-order valence-electron chi connectivity index (χ4n) is 2.79. The molecule has 1 aromatic rings. The Hall–Kier alpha value is -1.51. The van der Waals surface area contributed by atoms with Crippen LogP contribution in [0, 0.1) is 5.92 Å². The van der Waals surface area contributed by atoms with E-state index in [1.807, 2.05) is 6.07 Å². The second-order valence-electron chi connectivity index (χ2n) is 5.18. The van der Waals surface area contributed by atoms with Crippen molar-refractivity contribution in [1.29, 1.82) is 0 Å². The van der Waals surface area contributed by atoms with Crippen LogP contribution in [0.5, 0.6) is 0 Å². The van der Waals surface area contributed by atoms with Crippen molar-refractivity contribution in [3.8, 4) is 0 Å². The minimum absolute atomic E-state index is 0.273. The van der Waals surface area contributed by atoms with Crippen LogP contribution in [-0.4, -0.2) is 24.2 Å². The molecule has 1 N–H and O–H groups in total. The summed E-state index contributed by atoms with van der Waals surface area (Å²) in [5.74, 6) is -0.607. The van der Waals surface area contributed by atoms with E-state index in [0.29, 0.717) is 5.92 Å². The second kappa shape index (κ2) is 5.42. The van der Waals surface area contributed by atoms with Gasteiger partial charge in [0.2, 0.25) is 0 Å². The molecule has 98 valence electrons. The molecule has 18 heavy (non-hydrogen) atoms. The molecule has 0 aromatic heterocycles. The number of aliphatic carboxylic acids is 1. The van der Waals surface area contributed by atoms with Crippen molar-refractivity contribution in [3.63, 3.8) is 0 Å². The summed E-state index contributed by atoms with van der Waals surface area (Å²) in [6, 6.07) is 8.40. The monoisotopic (exact) mass is 247 g/mol. The molecule has 2 unspecified atom stereocenters. The number of benzene rings is 1. The van der Waals surface area contributed by atoms with Gasteiger partial charge in [0.25, 0.3) is 0 Å². The van der Waals surface area contributed by atoms with Gasteiger partial charge in [-0.2, -0.15) is 0 Å². The molecule has 0 saturated heterocycles. The largest absolute Gasteiger partial charge is 0.481 e. The average molecular weight is 247 g/mol.